The molecule has 0 aliphatic carbocycles. The van der Waals surface area contributed by atoms with Crippen molar-refractivity contribution in [3.63, 3.8) is 0 Å². The summed E-state index contributed by atoms with van der Waals surface area (Å²) in [5.74, 6) is -6.61. The molecule has 5 heterocycles. The first-order chi connectivity index (χ1) is 31.3. The van der Waals surface area contributed by atoms with Crippen LogP contribution in [0.2, 0.25) is 0 Å². The van der Waals surface area contributed by atoms with Crippen molar-refractivity contribution >= 4 is 127 Å². The lowest BCUT2D eigenvalue weighted by Gasteiger charge is -2.50. The first-order valence-corrected chi connectivity index (χ1v) is 26.6. The SMILES string of the molecule is CCCC(=O)NC1C(=O)N2C(C(=O)[O-])=C(COC(=O)CCP=S)CSC12.CCCC(=O)O.CCCC(=O)ON1C(=O)CCC1=O.NC1C(=O)N2C(C(=O)[O-])=C(COC(=O)CCP=S)CSC12. The van der Waals surface area contributed by atoms with Gasteiger partial charge in [-0.2, -0.15) is 0 Å². The molecule has 3 saturated heterocycles. The van der Waals surface area contributed by atoms with E-state index in [0.29, 0.717) is 74.7 Å². The molecule has 0 aromatic carbocycles. The van der Waals surface area contributed by atoms with Gasteiger partial charge in [0.1, 0.15) is 36.0 Å². The minimum absolute atomic E-state index is 0.137. The van der Waals surface area contributed by atoms with Crippen LogP contribution in [0.5, 0.6) is 0 Å². The zero-order valence-corrected chi connectivity index (χ0v) is 41.1. The van der Waals surface area contributed by atoms with E-state index in [4.69, 9.17) is 43.9 Å². The van der Waals surface area contributed by atoms with Gasteiger partial charge in [0, 0.05) is 67.1 Å². The van der Waals surface area contributed by atoms with Gasteiger partial charge < -0.3 is 50.3 Å². The third-order valence-corrected chi connectivity index (χ3v) is 13.7. The standard InChI is InChI=1S/C15H19N2O6PS2.C11H13N2O5PS2.C8H11NO4.C4H8O2/c1-2-3-9(18)16-11-13(20)17-12(15(21)22)8(7-26-14(11)17)6-23-10(19)4-5-24-25;12-7-9(15)13-8(11(16)17)5(4-21-10(7)13)3-18-6(14)1-2-19-20;1-2-3-8(12)13-9-6(10)4-5-7(9)11;1-2-3-4(5)6/h11,14H,2-7H2,1H3,(H,16,18)(H,21,22);7,10H,1-4,12H2,(H,16,17);2-5H2,1H3;2-3H2,1H3,(H,5,6)/p-2. The fourth-order valence-corrected chi connectivity index (χ4v) is 9.61. The molecule has 3 fully saturated rings. The Morgan fingerprint density at radius 1 is 0.712 bits per heavy atom. The molecule has 4 unspecified atom stereocenters. The summed E-state index contributed by atoms with van der Waals surface area (Å²) in [4.78, 5) is 131. The van der Waals surface area contributed by atoms with Crippen LogP contribution in [0.4, 0.5) is 0 Å². The molecule has 0 radical (unpaired) electrons. The van der Waals surface area contributed by atoms with Gasteiger partial charge in [-0.3, -0.25) is 48.2 Å². The lowest BCUT2D eigenvalue weighted by Crippen LogP contribution is -2.71. The minimum atomic E-state index is -1.50. The van der Waals surface area contributed by atoms with Gasteiger partial charge >= 0.3 is 23.9 Å². The van der Waals surface area contributed by atoms with Crippen molar-refractivity contribution in [2.75, 3.05) is 37.0 Å². The third-order valence-electron chi connectivity index (χ3n) is 9.06. The van der Waals surface area contributed by atoms with Crippen LogP contribution in [-0.2, 0) is 90.7 Å². The van der Waals surface area contributed by atoms with Crippen LogP contribution in [0.1, 0.15) is 85.0 Å². The molecule has 28 heteroatoms. The van der Waals surface area contributed by atoms with Gasteiger partial charge in [-0.1, -0.05) is 44.4 Å². The number of rotatable bonds is 20. The highest BCUT2D eigenvalue weighted by Gasteiger charge is 2.53. The lowest BCUT2D eigenvalue weighted by atomic mass is 10.0. The molecule has 0 aromatic heterocycles. The number of fused-ring (bicyclic) bond motifs is 2. The van der Waals surface area contributed by atoms with E-state index in [2.05, 4.69) is 10.2 Å². The number of carboxylic acids is 3. The fraction of sp³-hybridized carbons (Fsp3) is 0.605. The van der Waals surface area contributed by atoms with Gasteiger partial charge in [-0.25, -0.2) is 4.79 Å². The Kier molecular flexibility index (Phi) is 25.6. The van der Waals surface area contributed by atoms with E-state index >= 15 is 0 Å². The van der Waals surface area contributed by atoms with Crippen molar-refractivity contribution in [1.82, 2.24) is 20.2 Å². The van der Waals surface area contributed by atoms with E-state index < -0.39 is 76.9 Å². The van der Waals surface area contributed by atoms with Crippen LogP contribution in [-0.4, -0.2) is 145 Å². The molecule has 4 atom stereocenters. The van der Waals surface area contributed by atoms with Crippen molar-refractivity contribution in [2.24, 2.45) is 5.73 Å². The summed E-state index contributed by atoms with van der Waals surface area (Å²) in [7, 11) is 1.33. The van der Waals surface area contributed by atoms with E-state index in [1.54, 1.807) is 0 Å². The molecule has 0 bridgehead atoms. The molecule has 364 valence electrons. The Labute approximate surface area is 401 Å². The molecule has 66 heavy (non-hydrogen) atoms. The zero-order chi connectivity index (χ0) is 49.7. The molecule has 5 aliphatic heterocycles. The number of thioether (sulfide) groups is 2. The van der Waals surface area contributed by atoms with Crippen LogP contribution in [0.25, 0.3) is 0 Å². The number of β-lactam (4-membered cyclic amide) rings is 2. The van der Waals surface area contributed by atoms with Crippen molar-refractivity contribution in [3.8, 4) is 0 Å². The number of hydrogen-bond acceptors (Lipinski definition) is 21. The number of nitrogens with two attached hydrogens (primary N) is 1. The average Bonchev–Trinajstić information content (AvgIpc) is 3.59. The topological polar surface area (TPSA) is 330 Å². The van der Waals surface area contributed by atoms with Gasteiger partial charge in [0.15, 0.2) is 0 Å². The molecule has 0 saturated carbocycles. The second kappa shape index (κ2) is 29.3. The highest BCUT2D eigenvalue weighted by Crippen LogP contribution is 2.41. The molecule has 5 aliphatic rings. The number of hydroxylamine groups is 2. The normalized spacial score (nSPS) is 20.5. The van der Waals surface area contributed by atoms with Crippen molar-refractivity contribution < 1.29 is 82.4 Å². The van der Waals surface area contributed by atoms with E-state index in [1.165, 1.54) is 23.5 Å². The Bertz CT molecular complexity index is 1970. The number of aliphatic carboxylic acids is 3. The summed E-state index contributed by atoms with van der Waals surface area (Å²) in [5.41, 5.74) is 5.78. The molecular weight excluding hydrogens is 989 g/mol. The highest BCUT2D eigenvalue weighted by molar-refractivity contribution is 8.00. The number of esters is 2. The molecule has 0 aromatic rings. The molecule has 22 nitrogen and oxygen atoms in total. The monoisotopic (exact) mass is 1040 g/mol. The van der Waals surface area contributed by atoms with Crippen LogP contribution in [0.15, 0.2) is 22.5 Å². The molecule has 0 spiro atoms. The van der Waals surface area contributed by atoms with Crippen LogP contribution in [0, 0.1) is 0 Å². The van der Waals surface area contributed by atoms with Crippen molar-refractivity contribution in [3.05, 3.63) is 22.5 Å². The smallest absolute Gasteiger partial charge is 0.333 e. The van der Waals surface area contributed by atoms with Crippen LogP contribution >= 0.6 is 38.2 Å². The maximum Gasteiger partial charge on any atom is 0.333 e. The van der Waals surface area contributed by atoms with Gasteiger partial charge in [0.2, 0.25) is 11.8 Å². The largest absolute Gasteiger partial charge is 0.543 e. The summed E-state index contributed by atoms with van der Waals surface area (Å²) in [6, 6.07) is -1.44. The maximum atomic E-state index is 12.3. The molecular formula is C38H49N5O17P2S4-2. The lowest BCUT2D eigenvalue weighted by molar-refractivity contribution is -0.303. The Morgan fingerprint density at radius 2 is 1.17 bits per heavy atom. The number of ether oxygens (including phenoxy) is 2. The Hall–Kier alpha value is -4.45. The molecule has 4 N–H and O–H groups in total. The number of amides is 5. The quantitative estimate of drug-likeness (QED) is 0.0591. The minimum Gasteiger partial charge on any atom is -0.543 e. The highest BCUT2D eigenvalue weighted by atomic mass is 32.4. The van der Waals surface area contributed by atoms with Crippen LogP contribution in [0.3, 0.4) is 0 Å². The van der Waals surface area contributed by atoms with E-state index in [1.807, 2.05) is 20.8 Å². The maximum absolute atomic E-state index is 12.3. The number of imide groups is 1. The van der Waals surface area contributed by atoms with E-state index in [-0.39, 0.29) is 73.7 Å². The number of nitrogens with zero attached hydrogens (tertiary/aromatic N) is 3. The van der Waals surface area contributed by atoms with E-state index in [9.17, 15) is 63.0 Å². The predicted molar refractivity (Wildman–Crippen MR) is 239 cm³/mol. The summed E-state index contributed by atoms with van der Waals surface area (Å²) < 4.78 is 10.1. The van der Waals surface area contributed by atoms with Gasteiger partial charge in [0.25, 0.3) is 17.7 Å². The Balaban J connectivity index is 0.000000333. The summed E-state index contributed by atoms with van der Waals surface area (Å²) in [5, 5.41) is 33.0. The predicted octanol–water partition coefficient (Wildman–Crippen LogP) is -0.629. The number of carboxylic acid groups (broad SMARTS) is 3. The molecule has 5 amide bonds. The van der Waals surface area contributed by atoms with E-state index in [0.717, 1.165) is 16.2 Å². The number of nitrogens with one attached hydrogen (secondary N) is 1. The zero-order valence-electron chi connectivity index (χ0n) is 36.0. The number of hydrogen-bond donors (Lipinski definition) is 3. The second-order valence-electron chi connectivity index (χ2n) is 14.1. The first kappa shape index (κ1) is 57.7. The Morgan fingerprint density at radius 3 is 1.58 bits per heavy atom. The van der Waals surface area contributed by atoms with Crippen molar-refractivity contribution in [2.45, 2.75) is 108 Å². The summed E-state index contributed by atoms with van der Waals surface area (Å²) in [6.45, 7) is 5.12. The average molecular weight is 1040 g/mol. The summed E-state index contributed by atoms with van der Waals surface area (Å²) in [6.07, 6.45) is 4.44. The van der Waals surface area contributed by atoms with Gasteiger partial charge in [-0.05, 0) is 34.0 Å². The van der Waals surface area contributed by atoms with Gasteiger partial charge in [-0.15, -0.1) is 28.6 Å². The van der Waals surface area contributed by atoms with Crippen LogP contribution < -0.4 is 21.3 Å². The first-order valence-electron chi connectivity index (χ1n) is 20.3. The van der Waals surface area contributed by atoms with Gasteiger partial charge in [0.05, 0.1) is 36.2 Å². The number of carbonyl (C=O) groups is 11. The molecule has 5 rings (SSSR count). The number of carbonyl (C=O) groups excluding carboxylic acids is 10. The third kappa shape index (κ3) is 17.0. The van der Waals surface area contributed by atoms with Crippen molar-refractivity contribution in [1.29, 1.82) is 0 Å². The summed E-state index contributed by atoms with van der Waals surface area (Å²) >= 11 is 12.1. The fourth-order valence-electron chi connectivity index (χ4n) is 5.91. The second-order valence-corrected chi connectivity index (χ2v) is 19.3.